The Balaban J connectivity index is 1.51. The maximum atomic E-state index is 13.1. The van der Waals surface area contributed by atoms with Crippen molar-refractivity contribution in [2.24, 2.45) is 5.41 Å². The number of nitrogen functional groups attached to an aromatic ring is 1. The first kappa shape index (κ1) is 16.9. The third-order valence-electron chi connectivity index (χ3n) is 5.33. The third kappa shape index (κ3) is 3.27. The summed E-state index contributed by atoms with van der Waals surface area (Å²) in [6.07, 6.45) is 0.632. The largest absolute Gasteiger partial charge is 0.397 e. The molecule has 1 spiro atoms. The van der Waals surface area contributed by atoms with Gasteiger partial charge in [0, 0.05) is 19.5 Å². The molecule has 1 unspecified atom stereocenters. The molecule has 26 heavy (non-hydrogen) atoms. The first-order valence-corrected chi connectivity index (χ1v) is 9.08. The van der Waals surface area contributed by atoms with E-state index in [9.17, 15) is 4.79 Å². The smallest absolute Gasteiger partial charge is 0.245 e. The summed E-state index contributed by atoms with van der Waals surface area (Å²) in [6, 6.07) is 15.6. The van der Waals surface area contributed by atoms with Crippen LogP contribution in [-0.4, -0.2) is 43.2 Å². The van der Waals surface area contributed by atoms with Gasteiger partial charge >= 0.3 is 0 Å². The molecule has 1 atom stereocenters. The molecule has 0 aliphatic carbocycles. The van der Waals surface area contributed by atoms with Crippen molar-refractivity contribution in [3.05, 3.63) is 59.7 Å². The molecule has 136 valence electrons. The van der Waals surface area contributed by atoms with Gasteiger partial charge in [0.05, 0.1) is 30.0 Å². The topological polar surface area (TPSA) is 67.6 Å². The molecule has 2 heterocycles. The van der Waals surface area contributed by atoms with Crippen molar-refractivity contribution in [3.8, 4) is 0 Å². The van der Waals surface area contributed by atoms with Crippen LogP contribution >= 0.6 is 0 Å². The number of hydrogen-bond donors (Lipinski definition) is 2. The number of carbonyl (C=O) groups excluding carboxylic acids is 1. The minimum absolute atomic E-state index is 0.131. The van der Waals surface area contributed by atoms with Crippen LogP contribution < -0.4 is 11.1 Å². The van der Waals surface area contributed by atoms with Crippen LogP contribution in [0.25, 0.3) is 0 Å². The number of amides is 1. The van der Waals surface area contributed by atoms with Gasteiger partial charge in [0.15, 0.2) is 0 Å². The second kappa shape index (κ2) is 6.65. The average Bonchev–Trinajstić information content (AvgIpc) is 2.55. The normalized spacial score (nSPS) is 18.7. The lowest BCUT2D eigenvalue weighted by Gasteiger charge is -2.55. The Labute approximate surface area is 154 Å². The number of nitrogens with two attached hydrogens (primary N) is 1. The summed E-state index contributed by atoms with van der Waals surface area (Å²) in [5.41, 5.74) is 10.1. The monoisotopic (exact) mass is 351 g/mol. The van der Waals surface area contributed by atoms with E-state index in [0.29, 0.717) is 12.1 Å². The number of benzene rings is 2. The summed E-state index contributed by atoms with van der Waals surface area (Å²) < 4.78 is 5.32. The zero-order valence-corrected chi connectivity index (χ0v) is 15.1. The second-order valence-corrected chi connectivity index (χ2v) is 7.66. The predicted octanol–water partition coefficient (Wildman–Crippen LogP) is 2.46. The molecule has 2 aliphatic rings. The average molecular weight is 351 g/mol. The Morgan fingerprint density at radius 3 is 2.50 bits per heavy atom. The molecule has 0 bridgehead atoms. The standard InChI is InChI=1S/C21H25N3O2/c1-15-6-8-16(9-7-15)10-19(23-18-5-3-2-4-17(18)22)20(25)24-11-21(12-24)13-26-14-21/h2-9,19,23H,10-14,22H2,1H3. The van der Waals surface area contributed by atoms with Gasteiger partial charge in [-0.15, -0.1) is 0 Å². The first-order valence-electron chi connectivity index (χ1n) is 9.08. The first-order chi connectivity index (χ1) is 12.5. The van der Waals surface area contributed by atoms with Crippen LogP contribution in [0.5, 0.6) is 0 Å². The quantitative estimate of drug-likeness (QED) is 0.812. The molecule has 5 heteroatoms. The SMILES string of the molecule is Cc1ccc(CC(Nc2ccccc2N)C(=O)N2CC3(COC3)C2)cc1. The van der Waals surface area contributed by atoms with Crippen LogP contribution in [0.3, 0.4) is 0 Å². The van der Waals surface area contributed by atoms with Crippen molar-refractivity contribution >= 4 is 17.3 Å². The van der Waals surface area contributed by atoms with E-state index in [1.807, 2.05) is 29.2 Å². The van der Waals surface area contributed by atoms with E-state index >= 15 is 0 Å². The zero-order valence-electron chi connectivity index (χ0n) is 15.1. The summed E-state index contributed by atoms with van der Waals surface area (Å²) in [5.74, 6) is 0.131. The summed E-state index contributed by atoms with van der Waals surface area (Å²) in [4.78, 5) is 15.1. The number of nitrogens with zero attached hydrogens (tertiary/aromatic N) is 1. The molecule has 2 fully saturated rings. The van der Waals surface area contributed by atoms with Crippen LogP contribution in [0, 0.1) is 12.3 Å². The van der Waals surface area contributed by atoms with Gasteiger partial charge in [-0.3, -0.25) is 4.79 Å². The van der Waals surface area contributed by atoms with Crippen molar-refractivity contribution in [1.82, 2.24) is 4.90 Å². The molecule has 2 aliphatic heterocycles. The van der Waals surface area contributed by atoms with Crippen LogP contribution in [0.4, 0.5) is 11.4 Å². The zero-order chi connectivity index (χ0) is 18.1. The van der Waals surface area contributed by atoms with Gasteiger partial charge in [-0.25, -0.2) is 0 Å². The van der Waals surface area contributed by atoms with Gasteiger partial charge in [0.2, 0.25) is 5.91 Å². The Morgan fingerprint density at radius 1 is 1.19 bits per heavy atom. The summed E-state index contributed by atoms with van der Waals surface area (Å²) in [7, 11) is 0. The number of anilines is 2. The second-order valence-electron chi connectivity index (χ2n) is 7.66. The van der Waals surface area contributed by atoms with E-state index in [1.165, 1.54) is 5.56 Å². The Morgan fingerprint density at radius 2 is 1.88 bits per heavy atom. The van der Waals surface area contributed by atoms with Crippen LogP contribution in [-0.2, 0) is 16.0 Å². The predicted molar refractivity (Wildman–Crippen MR) is 103 cm³/mol. The number of rotatable bonds is 5. The molecule has 2 saturated heterocycles. The molecule has 2 aromatic rings. The van der Waals surface area contributed by atoms with Crippen molar-refractivity contribution in [2.75, 3.05) is 37.4 Å². The van der Waals surface area contributed by atoms with Crippen molar-refractivity contribution < 1.29 is 9.53 Å². The van der Waals surface area contributed by atoms with Crippen LogP contribution in [0.2, 0.25) is 0 Å². The number of carbonyl (C=O) groups is 1. The summed E-state index contributed by atoms with van der Waals surface area (Å²) in [6.45, 7) is 5.21. The number of hydrogen-bond acceptors (Lipinski definition) is 4. The number of aryl methyl sites for hydroxylation is 1. The van der Waals surface area contributed by atoms with Gasteiger partial charge < -0.3 is 20.7 Å². The van der Waals surface area contributed by atoms with E-state index in [1.54, 1.807) is 0 Å². The van der Waals surface area contributed by atoms with Crippen LogP contribution in [0.15, 0.2) is 48.5 Å². The van der Waals surface area contributed by atoms with Gasteiger partial charge in [0.25, 0.3) is 0 Å². The van der Waals surface area contributed by atoms with Gasteiger partial charge in [-0.2, -0.15) is 0 Å². The fraction of sp³-hybridized carbons (Fsp3) is 0.381. The summed E-state index contributed by atoms with van der Waals surface area (Å²) >= 11 is 0. The maximum Gasteiger partial charge on any atom is 0.245 e. The molecule has 0 aromatic heterocycles. The minimum Gasteiger partial charge on any atom is -0.397 e. The number of likely N-dealkylation sites (tertiary alicyclic amines) is 1. The molecular formula is C21H25N3O2. The van der Waals surface area contributed by atoms with E-state index in [0.717, 1.165) is 37.6 Å². The lowest BCUT2D eigenvalue weighted by molar-refractivity contribution is -0.195. The summed E-state index contributed by atoms with van der Waals surface area (Å²) in [5, 5.41) is 3.38. The third-order valence-corrected chi connectivity index (χ3v) is 5.33. The maximum absolute atomic E-state index is 13.1. The highest BCUT2D eigenvalue weighted by Crippen LogP contribution is 2.38. The van der Waals surface area contributed by atoms with E-state index in [4.69, 9.17) is 10.5 Å². The van der Waals surface area contributed by atoms with E-state index in [2.05, 4.69) is 36.5 Å². The Bertz CT molecular complexity index is 791. The van der Waals surface area contributed by atoms with Crippen molar-refractivity contribution in [1.29, 1.82) is 0 Å². The number of para-hydroxylation sites is 2. The highest BCUT2D eigenvalue weighted by molar-refractivity contribution is 5.87. The number of ether oxygens (including phenoxy) is 1. The molecule has 0 saturated carbocycles. The molecule has 0 radical (unpaired) electrons. The van der Waals surface area contributed by atoms with Crippen LogP contribution in [0.1, 0.15) is 11.1 Å². The van der Waals surface area contributed by atoms with Gasteiger partial charge in [-0.1, -0.05) is 42.0 Å². The molecule has 2 aromatic carbocycles. The lowest BCUT2D eigenvalue weighted by atomic mass is 9.77. The van der Waals surface area contributed by atoms with Crippen molar-refractivity contribution in [3.63, 3.8) is 0 Å². The fourth-order valence-electron chi connectivity index (χ4n) is 3.69. The van der Waals surface area contributed by atoms with E-state index < -0.39 is 0 Å². The van der Waals surface area contributed by atoms with Gasteiger partial charge in [-0.05, 0) is 24.6 Å². The molecule has 1 amide bonds. The molecular weight excluding hydrogens is 326 g/mol. The minimum atomic E-state index is -0.333. The Hall–Kier alpha value is -2.53. The highest BCUT2D eigenvalue weighted by atomic mass is 16.5. The molecule has 4 rings (SSSR count). The molecule has 5 nitrogen and oxygen atoms in total. The molecule has 3 N–H and O–H groups in total. The Kier molecular flexibility index (Phi) is 4.32. The number of nitrogens with one attached hydrogen (secondary N) is 1. The lowest BCUT2D eigenvalue weighted by Crippen LogP contribution is -2.68. The highest BCUT2D eigenvalue weighted by Gasteiger charge is 2.51. The fourth-order valence-corrected chi connectivity index (χ4v) is 3.69. The van der Waals surface area contributed by atoms with Crippen molar-refractivity contribution in [2.45, 2.75) is 19.4 Å². The van der Waals surface area contributed by atoms with E-state index in [-0.39, 0.29) is 17.4 Å². The van der Waals surface area contributed by atoms with Gasteiger partial charge in [0.1, 0.15) is 6.04 Å².